The first kappa shape index (κ1) is 24.6. The van der Waals surface area contributed by atoms with Gasteiger partial charge >= 0.3 is 0 Å². The highest BCUT2D eigenvalue weighted by Gasteiger charge is 2.19. The molecule has 0 unspecified atom stereocenters. The Morgan fingerprint density at radius 3 is 2.61 bits per heavy atom. The summed E-state index contributed by atoms with van der Waals surface area (Å²) in [5.74, 6) is -0.556. The zero-order valence-corrected chi connectivity index (χ0v) is 20.1. The number of thiazole rings is 1. The number of amides is 1. The Morgan fingerprint density at radius 1 is 1.24 bits per heavy atom. The first-order valence-corrected chi connectivity index (χ1v) is 12.5. The number of hydrogen-bond acceptors (Lipinski definition) is 9. The maximum absolute atomic E-state index is 12.9. The van der Waals surface area contributed by atoms with Gasteiger partial charge in [0.25, 0.3) is 5.91 Å². The molecule has 1 aromatic carbocycles. The quantitative estimate of drug-likeness (QED) is 0.248. The van der Waals surface area contributed by atoms with E-state index < -0.39 is 15.7 Å². The van der Waals surface area contributed by atoms with Crippen molar-refractivity contribution in [3.05, 3.63) is 58.9 Å². The Kier molecular flexibility index (Phi) is 8.31. The van der Waals surface area contributed by atoms with Gasteiger partial charge in [0.1, 0.15) is 5.69 Å². The molecule has 1 N–H and O–H groups in total. The Morgan fingerprint density at radius 2 is 2.00 bits per heavy atom. The molecular formula is C21H25N5O5S2. The highest BCUT2D eigenvalue weighted by Crippen LogP contribution is 2.18. The maximum Gasteiger partial charge on any atom is 0.280 e. The molecule has 10 nitrogen and oxygen atoms in total. The summed E-state index contributed by atoms with van der Waals surface area (Å²) in [6.07, 6.45) is 3.81. The molecule has 0 aliphatic heterocycles. The molecule has 0 spiro atoms. The van der Waals surface area contributed by atoms with Crippen LogP contribution in [-0.2, 0) is 37.9 Å². The second kappa shape index (κ2) is 11.2. The number of nitrogens with one attached hydrogen (secondary N) is 1. The molecule has 0 atom stereocenters. The van der Waals surface area contributed by atoms with Gasteiger partial charge in [-0.3, -0.25) is 14.8 Å². The van der Waals surface area contributed by atoms with Gasteiger partial charge in [-0.2, -0.15) is 5.10 Å². The topological polar surface area (TPSA) is 125 Å². The van der Waals surface area contributed by atoms with E-state index >= 15 is 0 Å². The molecule has 33 heavy (non-hydrogen) atoms. The van der Waals surface area contributed by atoms with Gasteiger partial charge in [0.15, 0.2) is 27.3 Å². The highest BCUT2D eigenvalue weighted by atomic mass is 32.2. The van der Waals surface area contributed by atoms with E-state index in [-0.39, 0.29) is 23.0 Å². The fourth-order valence-electron chi connectivity index (χ4n) is 2.83. The van der Waals surface area contributed by atoms with E-state index in [1.54, 1.807) is 30.2 Å². The lowest BCUT2D eigenvalue weighted by molar-refractivity contribution is -0.110. The Bertz CT molecular complexity index is 1220. The number of aromatic nitrogens is 3. The average molecular weight is 492 g/mol. The van der Waals surface area contributed by atoms with Crippen LogP contribution in [0.25, 0.3) is 0 Å². The maximum atomic E-state index is 12.9. The lowest BCUT2D eigenvalue weighted by Gasteiger charge is -2.08. The van der Waals surface area contributed by atoms with Crippen LogP contribution in [0.4, 0.5) is 5.13 Å². The monoisotopic (exact) mass is 491 g/mol. The number of ether oxygens (including phenoxy) is 1. The van der Waals surface area contributed by atoms with Crippen LogP contribution in [0.3, 0.4) is 0 Å². The summed E-state index contributed by atoms with van der Waals surface area (Å²) in [5.41, 5.74) is 1.04. The lowest BCUT2D eigenvalue weighted by atomic mass is 10.1. The number of anilines is 1. The molecule has 0 aliphatic rings. The van der Waals surface area contributed by atoms with Crippen molar-refractivity contribution in [1.82, 2.24) is 14.8 Å². The van der Waals surface area contributed by atoms with Crippen molar-refractivity contribution >= 4 is 37.9 Å². The van der Waals surface area contributed by atoms with Gasteiger partial charge in [0.2, 0.25) is 0 Å². The third kappa shape index (κ3) is 6.94. The van der Waals surface area contributed by atoms with Crippen molar-refractivity contribution in [1.29, 1.82) is 0 Å². The number of carbonyl (C=O) groups excluding carboxylic acids is 1. The van der Waals surface area contributed by atoms with E-state index in [1.807, 2.05) is 6.92 Å². The molecule has 2 aromatic heterocycles. The number of carbonyl (C=O) groups is 1. The molecule has 12 heteroatoms. The first-order chi connectivity index (χ1) is 15.8. The number of sulfone groups is 1. The van der Waals surface area contributed by atoms with Crippen LogP contribution in [0, 0.1) is 6.92 Å². The second-order valence-electron chi connectivity index (χ2n) is 7.11. The van der Waals surface area contributed by atoms with Gasteiger partial charge in [-0.05, 0) is 31.5 Å². The molecule has 2 heterocycles. The Balaban J connectivity index is 1.81. The predicted molar refractivity (Wildman–Crippen MR) is 125 cm³/mol. The SMILES string of the molecule is COCCCS(=O)(=O)c1ccc(C(=NOCc2ccn(C)n2)C(=O)Nc2ncc(C)s2)cc1. The lowest BCUT2D eigenvalue weighted by Crippen LogP contribution is -2.24. The summed E-state index contributed by atoms with van der Waals surface area (Å²) in [4.78, 5) is 23.5. The van der Waals surface area contributed by atoms with Crippen molar-refractivity contribution in [2.75, 3.05) is 24.8 Å². The minimum Gasteiger partial charge on any atom is -0.389 e. The molecule has 1 amide bonds. The minimum atomic E-state index is -3.46. The fourth-order valence-corrected chi connectivity index (χ4v) is 4.77. The molecular weight excluding hydrogens is 466 g/mol. The number of hydrogen-bond donors (Lipinski definition) is 1. The van der Waals surface area contributed by atoms with Gasteiger partial charge in [-0.25, -0.2) is 13.4 Å². The molecule has 176 valence electrons. The zero-order valence-electron chi connectivity index (χ0n) is 18.5. The highest BCUT2D eigenvalue weighted by molar-refractivity contribution is 7.91. The normalized spacial score (nSPS) is 12.0. The Labute approximate surface area is 196 Å². The number of nitrogens with zero attached hydrogens (tertiary/aromatic N) is 4. The number of methoxy groups -OCH3 is 1. The minimum absolute atomic E-state index is 0.0119. The van der Waals surface area contributed by atoms with Crippen LogP contribution >= 0.6 is 11.3 Å². The third-order valence-electron chi connectivity index (χ3n) is 4.44. The Hall–Kier alpha value is -3.09. The number of benzene rings is 1. The zero-order chi connectivity index (χ0) is 23.8. The third-order valence-corrected chi connectivity index (χ3v) is 7.09. The fraction of sp³-hybridized carbons (Fsp3) is 0.333. The summed E-state index contributed by atoms with van der Waals surface area (Å²) >= 11 is 1.33. The van der Waals surface area contributed by atoms with Crippen LogP contribution in [0.1, 0.15) is 22.6 Å². The van der Waals surface area contributed by atoms with Gasteiger partial charge in [0.05, 0.1) is 10.6 Å². The van der Waals surface area contributed by atoms with Crippen molar-refractivity contribution in [2.45, 2.75) is 24.8 Å². The summed E-state index contributed by atoms with van der Waals surface area (Å²) < 4.78 is 31.5. The molecule has 0 aliphatic carbocycles. The van der Waals surface area contributed by atoms with Crippen molar-refractivity contribution in [3.63, 3.8) is 0 Å². The van der Waals surface area contributed by atoms with Crippen molar-refractivity contribution < 1.29 is 22.8 Å². The van der Waals surface area contributed by atoms with E-state index in [0.717, 1.165) is 4.88 Å². The number of rotatable bonds is 11. The van der Waals surface area contributed by atoms with Crippen molar-refractivity contribution in [3.8, 4) is 0 Å². The van der Waals surface area contributed by atoms with Crippen LogP contribution < -0.4 is 5.32 Å². The smallest absolute Gasteiger partial charge is 0.280 e. The summed E-state index contributed by atoms with van der Waals surface area (Å²) in [6.45, 7) is 2.31. The van der Waals surface area contributed by atoms with Gasteiger partial charge in [-0.1, -0.05) is 17.3 Å². The summed E-state index contributed by atoms with van der Waals surface area (Å²) in [5, 5.41) is 11.3. The molecule has 0 saturated carbocycles. The molecule has 3 aromatic rings. The van der Waals surface area contributed by atoms with Gasteiger partial charge < -0.3 is 9.57 Å². The van der Waals surface area contributed by atoms with Gasteiger partial charge in [-0.15, -0.1) is 11.3 Å². The van der Waals surface area contributed by atoms with E-state index in [0.29, 0.717) is 29.4 Å². The number of aryl methyl sites for hydroxylation is 2. The van der Waals surface area contributed by atoms with Crippen LogP contribution in [0.2, 0.25) is 0 Å². The largest absolute Gasteiger partial charge is 0.389 e. The van der Waals surface area contributed by atoms with E-state index in [9.17, 15) is 13.2 Å². The van der Waals surface area contributed by atoms with Crippen LogP contribution in [-0.4, -0.2) is 54.3 Å². The van der Waals surface area contributed by atoms with E-state index in [4.69, 9.17) is 9.57 Å². The molecule has 0 bridgehead atoms. The van der Waals surface area contributed by atoms with E-state index in [1.165, 1.54) is 42.7 Å². The second-order valence-corrected chi connectivity index (χ2v) is 10.5. The first-order valence-electron chi connectivity index (χ1n) is 10.0. The van der Waals surface area contributed by atoms with Crippen molar-refractivity contribution in [2.24, 2.45) is 12.2 Å². The predicted octanol–water partition coefficient (Wildman–Crippen LogP) is 2.55. The molecule has 0 saturated heterocycles. The van der Waals surface area contributed by atoms with E-state index in [2.05, 4.69) is 20.6 Å². The average Bonchev–Trinajstić information content (AvgIpc) is 3.38. The van der Waals surface area contributed by atoms with Crippen LogP contribution in [0.5, 0.6) is 0 Å². The summed E-state index contributed by atoms with van der Waals surface area (Å²) in [6, 6.07) is 7.73. The summed E-state index contributed by atoms with van der Waals surface area (Å²) in [7, 11) is -0.154. The molecule has 0 fully saturated rings. The van der Waals surface area contributed by atoms with Gasteiger partial charge in [0, 0.05) is 43.6 Å². The number of oxime groups is 1. The standard InChI is InChI=1S/C21H25N5O5S2/c1-15-13-22-21(32-15)23-20(27)19(25-31-14-17-9-10-26(2)24-17)16-5-7-18(8-6-16)33(28,29)12-4-11-30-3/h5-10,13H,4,11-12,14H2,1-3H3,(H,22,23,27). The molecule has 0 radical (unpaired) electrons. The van der Waals surface area contributed by atoms with Crippen LogP contribution in [0.15, 0.2) is 52.8 Å². The molecule has 3 rings (SSSR count).